The average Bonchev–Trinajstić information content (AvgIpc) is 2.32. The van der Waals surface area contributed by atoms with Crippen molar-refractivity contribution in [1.82, 2.24) is 4.90 Å². The number of halogens is 3. The minimum absolute atomic E-state index is 0. The highest BCUT2D eigenvalue weighted by atomic mass is 127. The quantitative estimate of drug-likeness (QED) is 0.695. The fraction of sp³-hybridized carbons (Fsp3) is 0.500. The number of hydrogen-bond acceptors (Lipinski definition) is 2. The van der Waals surface area contributed by atoms with Crippen molar-refractivity contribution in [3.8, 4) is 0 Å². The predicted molar refractivity (Wildman–Crippen MR) is 93.7 cm³/mol. The molecule has 1 atom stereocenters. The van der Waals surface area contributed by atoms with Gasteiger partial charge in [-0.15, -0.1) is 12.4 Å². The molecule has 2 N–H and O–H groups in total. The molecule has 0 aliphatic carbocycles. The molecule has 1 aromatic rings. The Labute approximate surface area is 144 Å². The summed E-state index contributed by atoms with van der Waals surface area (Å²) in [7, 11) is 0. The first-order chi connectivity index (χ1) is 8.81. The fourth-order valence-electron chi connectivity index (χ4n) is 2.38. The maximum absolute atomic E-state index is 12.5. The van der Waals surface area contributed by atoms with Crippen LogP contribution in [0.5, 0.6) is 0 Å². The third-order valence-electron chi connectivity index (χ3n) is 3.76. The molecule has 1 saturated heterocycles. The van der Waals surface area contributed by atoms with Gasteiger partial charge in [-0.1, -0.05) is 25.4 Å². The number of benzene rings is 1. The van der Waals surface area contributed by atoms with Gasteiger partial charge in [0.15, 0.2) is 0 Å². The van der Waals surface area contributed by atoms with E-state index in [1.807, 2.05) is 17.0 Å². The molecule has 112 valence electrons. The molecule has 3 nitrogen and oxygen atoms in total. The van der Waals surface area contributed by atoms with Crippen molar-refractivity contribution < 1.29 is 4.79 Å². The summed E-state index contributed by atoms with van der Waals surface area (Å²) in [5, 5.41) is 0.518. The number of carbonyl (C=O) groups is 1. The Hall–Kier alpha value is -0.0400. The zero-order valence-electron chi connectivity index (χ0n) is 11.5. The molecule has 1 fully saturated rings. The number of amides is 1. The van der Waals surface area contributed by atoms with Crippen LogP contribution >= 0.6 is 46.6 Å². The minimum Gasteiger partial charge on any atom is -0.338 e. The van der Waals surface area contributed by atoms with Gasteiger partial charge in [0.05, 0.1) is 10.6 Å². The number of hydrogen-bond donors (Lipinski definition) is 1. The largest absolute Gasteiger partial charge is 0.338 e. The normalized spacial score (nSPS) is 21.2. The van der Waals surface area contributed by atoms with Crippen molar-refractivity contribution in [2.24, 2.45) is 11.1 Å². The third kappa shape index (κ3) is 3.78. The summed E-state index contributed by atoms with van der Waals surface area (Å²) in [6, 6.07) is 5.66. The van der Waals surface area contributed by atoms with Crippen molar-refractivity contribution in [3.05, 3.63) is 32.4 Å². The van der Waals surface area contributed by atoms with Crippen LogP contribution in [-0.4, -0.2) is 29.9 Å². The van der Waals surface area contributed by atoms with Gasteiger partial charge in [-0.2, -0.15) is 0 Å². The molecule has 1 heterocycles. The lowest BCUT2D eigenvalue weighted by molar-refractivity contribution is 0.0533. The summed E-state index contributed by atoms with van der Waals surface area (Å²) >= 11 is 8.35. The van der Waals surface area contributed by atoms with Gasteiger partial charge in [0.1, 0.15) is 0 Å². The summed E-state index contributed by atoms with van der Waals surface area (Å²) in [4.78, 5) is 14.4. The number of piperidine rings is 1. The van der Waals surface area contributed by atoms with Gasteiger partial charge in [-0.05, 0) is 52.6 Å². The maximum Gasteiger partial charge on any atom is 0.255 e. The second-order valence-electron chi connectivity index (χ2n) is 5.73. The van der Waals surface area contributed by atoms with Gasteiger partial charge in [0.25, 0.3) is 5.91 Å². The van der Waals surface area contributed by atoms with E-state index in [-0.39, 0.29) is 29.8 Å². The van der Waals surface area contributed by atoms with Gasteiger partial charge < -0.3 is 10.6 Å². The number of carbonyl (C=O) groups excluding carboxylic acids is 1. The SMILES string of the molecule is CC1(C)CN(C(=O)c2ccc(I)cc2Cl)CCC1N.Cl. The van der Waals surface area contributed by atoms with Crippen molar-refractivity contribution in [2.75, 3.05) is 13.1 Å². The van der Waals surface area contributed by atoms with Crippen LogP contribution in [0, 0.1) is 8.99 Å². The zero-order valence-corrected chi connectivity index (χ0v) is 15.3. The van der Waals surface area contributed by atoms with Crippen LogP contribution in [-0.2, 0) is 0 Å². The first-order valence-corrected chi connectivity index (χ1v) is 7.77. The topological polar surface area (TPSA) is 46.3 Å². The molecule has 1 aromatic carbocycles. The number of rotatable bonds is 1. The lowest BCUT2D eigenvalue weighted by Gasteiger charge is -2.42. The van der Waals surface area contributed by atoms with Crippen LogP contribution in [0.3, 0.4) is 0 Å². The number of nitrogens with two attached hydrogens (primary N) is 1. The van der Waals surface area contributed by atoms with E-state index in [1.165, 1.54) is 0 Å². The summed E-state index contributed by atoms with van der Waals surface area (Å²) in [5.74, 6) is 0.00127. The highest BCUT2D eigenvalue weighted by Gasteiger charge is 2.35. The van der Waals surface area contributed by atoms with Crippen LogP contribution in [0.1, 0.15) is 30.6 Å². The zero-order chi connectivity index (χ0) is 14.2. The molecule has 2 rings (SSSR count). The van der Waals surface area contributed by atoms with Gasteiger partial charge in [-0.25, -0.2) is 0 Å². The second-order valence-corrected chi connectivity index (χ2v) is 7.39. The first-order valence-electron chi connectivity index (χ1n) is 6.31. The monoisotopic (exact) mass is 428 g/mol. The molecule has 0 bridgehead atoms. The molecule has 1 aliphatic heterocycles. The van der Waals surface area contributed by atoms with E-state index in [1.54, 1.807) is 6.07 Å². The molecule has 6 heteroatoms. The van der Waals surface area contributed by atoms with E-state index in [9.17, 15) is 4.79 Å². The molecule has 0 aromatic heterocycles. The van der Waals surface area contributed by atoms with Gasteiger partial charge in [0.2, 0.25) is 0 Å². The van der Waals surface area contributed by atoms with E-state index < -0.39 is 0 Å². The van der Waals surface area contributed by atoms with Crippen molar-refractivity contribution in [1.29, 1.82) is 0 Å². The smallest absolute Gasteiger partial charge is 0.255 e. The van der Waals surface area contributed by atoms with E-state index in [4.69, 9.17) is 17.3 Å². The van der Waals surface area contributed by atoms with Crippen LogP contribution in [0.2, 0.25) is 5.02 Å². The highest BCUT2D eigenvalue weighted by Crippen LogP contribution is 2.29. The fourth-order valence-corrected chi connectivity index (χ4v) is 3.32. The minimum atomic E-state index is -0.0520. The molecule has 1 aliphatic rings. The lowest BCUT2D eigenvalue weighted by Crippen LogP contribution is -2.54. The summed E-state index contributed by atoms with van der Waals surface area (Å²) in [6.07, 6.45) is 0.834. The second kappa shape index (κ2) is 6.81. The summed E-state index contributed by atoms with van der Waals surface area (Å²) < 4.78 is 1.03. The standard InChI is InChI=1S/C14H18ClIN2O.ClH/c1-14(2)8-18(6-5-12(14)17)13(19)10-4-3-9(16)7-11(10)15;/h3-4,7,12H,5-6,8,17H2,1-2H3;1H. The third-order valence-corrected chi connectivity index (χ3v) is 4.74. The van der Waals surface area contributed by atoms with Crippen molar-refractivity contribution >= 4 is 52.5 Å². The molecule has 0 radical (unpaired) electrons. The molecule has 1 amide bonds. The first kappa shape index (κ1) is 18.0. The Morgan fingerprint density at radius 3 is 2.70 bits per heavy atom. The molecule has 20 heavy (non-hydrogen) atoms. The van der Waals surface area contributed by atoms with Gasteiger partial charge in [-0.3, -0.25) is 4.79 Å². The van der Waals surface area contributed by atoms with E-state index in [0.717, 1.165) is 9.99 Å². The Bertz CT molecular complexity index is 508. The lowest BCUT2D eigenvalue weighted by atomic mass is 9.79. The van der Waals surface area contributed by atoms with Crippen LogP contribution in [0.15, 0.2) is 18.2 Å². The Balaban J connectivity index is 0.00000200. The number of likely N-dealkylation sites (tertiary alicyclic amines) is 1. The van der Waals surface area contributed by atoms with Gasteiger partial charge >= 0.3 is 0 Å². The Morgan fingerprint density at radius 1 is 1.50 bits per heavy atom. The molecule has 0 spiro atoms. The molecular formula is C14H19Cl2IN2O. The van der Waals surface area contributed by atoms with E-state index in [2.05, 4.69) is 36.4 Å². The molecular weight excluding hydrogens is 410 g/mol. The van der Waals surface area contributed by atoms with Gasteiger partial charge in [0, 0.05) is 22.7 Å². The van der Waals surface area contributed by atoms with E-state index in [0.29, 0.717) is 23.7 Å². The Morgan fingerprint density at radius 2 is 2.15 bits per heavy atom. The highest BCUT2D eigenvalue weighted by molar-refractivity contribution is 14.1. The Kier molecular flexibility index (Phi) is 6.14. The van der Waals surface area contributed by atoms with Crippen LogP contribution in [0.25, 0.3) is 0 Å². The maximum atomic E-state index is 12.5. The van der Waals surface area contributed by atoms with Crippen LogP contribution < -0.4 is 5.73 Å². The predicted octanol–water partition coefficient (Wildman–Crippen LogP) is 3.57. The average molecular weight is 429 g/mol. The van der Waals surface area contributed by atoms with E-state index >= 15 is 0 Å². The summed E-state index contributed by atoms with van der Waals surface area (Å²) in [5.41, 5.74) is 6.62. The van der Waals surface area contributed by atoms with Crippen LogP contribution in [0.4, 0.5) is 0 Å². The number of nitrogens with zero attached hydrogens (tertiary/aromatic N) is 1. The molecule has 0 saturated carbocycles. The summed E-state index contributed by atoms with van der Waals surface area (Å²) in [6.45, 7) is 5.58. The van der Waals surface area contributed by atoms with Crippen molar-refractivity contribution in [3.63, 3.8) is 0 Å². The molecule has 1 unspecified atom stereocenters. The van der Waals surface area contributed by atoms with Crippen molar-refractivity contribution in [2.45, 2.75) is 26.3 Å².